The number of halogens is 2. The minimum Gasteiger partial charge on any atom is -0.309 e. The summed E-state index contributed by atoms with van der Waals surface area (Å²) in [6.45, 7) is 3.28. The third-order valence-corrected chi connectivity index (χ3v) is 6.67. The minimum absolute atomic E-state index is 0.263. The lowest BCUT2D eigenvalue weighted by molar-refractivity contribution is 0.429. The number of hydrogen-bond acceptors (Lipinski definition) is 2. The Labute approximate surface area is 147 Å². The SMILES string of the molecule is CCCNC(c1cc(Br)sc1Br)C1(c2ccccc2)CC1. The Morgan fingerprint density at radius 2 is 1.95 bits per heavy atom. The number of rotatable bonds is 6. The second-order valence-electron chi connectivity index (χ2n) is 5.69. The number of thiophene rings is 1. The summed E-state index contributed by atoms with van der Waals surface area (Å²) in [5, 5.41) is 3.80. The second kappa shape index (κ2) is 6.53. The van der Waals surface area contributed by atoms with Gasteiger partial charge in [-0.05, 0) is 74.9 Å². The molecule has 1 nitrogen and oxygen atoms in total. The van der Waals surface area contributed by atoms with Crippen molar-refractivity contribution in [2.24, 2.45) is 0 Å². The Bertz CT molecular complexity index is 605. The third-order valence-electron chi connectivity index (χ3n) is 4.28. The van der Waals surface area contributed by atoms with Gasteiger partial charge < -0.3 is 5.32 Å². The van der Waals surface area contributed by atoms with Crippen LogP contribution in [0.3, 0.4) is 0 Å². The summed E-state index contributed by atoms with van der Waals surface area (Å²) < 4.78 is 2.43. The Morgan fingerprint density at radius 1 is 1.24 bits per heavy atom. The van der Waals surface area contributed by atoms with Gasteiger partial charge in [0, 0.05) is 11.5 Å². The molecule has 1 aromatic carbocycles. The Kier molecular flexibility index (Phi) is 4.89. The quantitative estimate of drug-likeness (QED) is 0.590. The van der Waals surface area contributed by atoms with Gasteiger partial charge in [0.15, 0.2) is 0 Å². The molecule has 1 aliphatic rings. The van der Waals surface area contributed by atoms with Gasteiger partial charge in [-0.3, -0.25) is 0 Å². The van der Waals surface area contributed by atoms with Crippen molar-refractivity contribution in [3.8, 4) is 0 Å². The molecule has 2 aromatic rings. The van der Waals surface area contributed by atoms with Crippen LogP contribution in [0.5, 0.6) is 0 Å². The Balaban J connectivity index is 1.98. The molecule has 4 heteroatoms. The highest BCUT2D eigenvalue weighted by atomic mass is 79.9. The van der Waals surface area contributed by atoms with Crippen LogP contribution in [0.2, 0.25) is 0 Å². The maximum Gasteiger partial charge on any atom is 0.0758 e. The van der Waals surface area contributed by atoms with E-state index < -0.39 is 0 Å². The topological polar surface area (TPSA) is 12.0 Å². The van der Waals surface area contributed by atoms with E-state index in [9.17, 15) is 0 Å². The van der Waals surface area contributed by atoms with Crippen LogP contribution in [-0.2, 0) is 5.41 Å². The number of benzene rings is 1. The molecule has 0 spiro atoms. The zero-order valence-corrected chi connectivity index (χ0v) is 16.0. The fraction of sp³-hybridized carbons (Fsp3) is 0.412. The zero-order chi connectivity index (χ0) is 14.9. The molecule has 0 bridgehead atoms. The maximum absolute atomic E-state index is 3.80. The van der Waals surface area contributed by atoms with Crippen molar-refractivity contribution in [2.75, 3.05) is 6.54 Å². The van der Waals surface area contributed by atoms with E-state index in [1.165, 1.54) is 31.5 Å². The van der Waals surface area contributed by atoms with E-state index in [2.05, 4.69) is 80.5 Å². The highest BCUT2D eigenvalue weighted by Crippen LogP contribution is 2.58. The van der Waals surface area contributed by atoms with Crippen LogP contribution in [0.4, 0.5) is 0 Å². The molecule has 0 amide bonds. The summed E-state index contributed by atoms with van der Waals surface area (Å²) in [6, 6.07) is 13.6. The van der Waals surface area contributed by atoms with Gasteiger partial charge in [-0.25, -0.2) is 0 Å². The lowest BCUT2D eigenvalue weighted by Gasteiger charge is -2.29. The summed E-state index contributed by atoms with van der Waals surface area (Å²) in [5.74, 6) is 0. The van der Waals surface area contributed by atoms with E-state index in [0.29, 0.717) is 6.04 Å². The van der Waals surface area contributed by atoms with E-state index >= 15 is 0 Å². The first-order valence-corrected chi connectivity index (χ1v) is 9.81. The fourth-order valence-corrected chi connectivity index (χ4v) is 5.99. The Hall–Kier alpha value is -0.160. The molecule has 1 atom stereocenters. The van der Waals surface area contributed by atoms with Gasteiger partial charge in [0.25, 0.3) is 0 Å². The molecular weight excluding hydrogens is 410 g/mol. The van der Waals surface area contributed by atoms with E-state index in [-0.39, 0.29) is 5.41 Å². The van der Waals surface area contributed by atoms with Crippen LogP contribution in [0.1, 0.15) is 43.4 Å². The maximum atomic E-state index is 3.80. The van der Waals surface area contributed by atoms with Gasteiger partial charge >= 0.3 is 0 Å². The zero-order valence-electron chi connectivity index (χ0n) is 12.0. The minimum atomic E-state index is 0.263. The second-order valence-corrected chi connectivity index (χ2v) is 9.44. The summed E-state index contributed by atoms with van der Waals surface area (Å²) in [7, 11) is 0. The summed E-state index contributed by atoms with van der Waals surface area (Å²) in [6.07, 6.45) is 3.68. The van der Waals surface area contributed by atoms with Crippen LogP contribution in [0, 0.1) is 0 Å². The van der Waals surface area contributed by atoms with Crippen molar-refractivity contribution in [2.45, 2.75) is 37.6 Å². The summed E-state index contributed by atoms with van der Waals surface area (Å²) in [4.78, 5) is 0. The van der Waals surface area contributed by atoms with Crippen LogP contribution in [-0.4, -0.2) is 6.54 Å². The first-order chi connectivity index (χ1) is 10.2. The van der Waals surface area contributed by atoms with Crippen molar-refractivity contribution >= 4 is 43.2 Å². The molecule has 1 unspecified atom stereocenters. The van der Waals surface area contributed by atoms with Crippen LogP contribution in [0.15, 0.2) is 44.0 Å². The molecule has 1 heterocycles. The van der Waals surface area contributed by atoms with Gasteiger partial charge in [-0.1, -0.05) is 37.3 Å². The fourth-order valence-electron chi connectivity index (χ4n) is 3.09. The van der Waals surface area contributed by atoms with Gasteiger partial charge in [0.1, 0.15) is 0 Å². The largest absolute Gasteiger partial charge is 0.309 e. The number of nitrogens with one attached hydrogen (secondary N) is 1. The predicted molar refractivity (Wildman–Crippen MR) is 98.1 cm³/mol. The van der Waals surface area contributed by atoms with Gasteiger partial charge in [-0.2, -0.15) is 0 Å². The van der Waals surface area contributed by atoms with Crippen molar-refractivity contribution in [1.82, 2.24) is 5.32 Å². The molecular formula is C17H19Br2NS. The number of hydrogen-bond donors (Lipinski definition) is 1. The van der Waals surface area contributed by atoms with E-state index in [1.807, 2.05) is 0 Å². The first kappa shape index (κ1) is 15.7. The van der Waals surface area contributed by atoms with Gasteiger partial charge in [-0.15, -0.1) is 11.3 Å². The summed E-state index contributed by atoms with van der Waals surface area (Å²) >= 11 is 9.14. The highest BCUT2D eigenvalue weighted by molar-refractivity contribution is 9.12. The van der Waals surface area contributed by atoms with Crippen molar-refractivity contribution in [3.05, 3.63) is 55.1 Å². The van der Waals surface area contributed by atoms with E-state index in [4.69, 9.17) is 0 Å². The third kappa shape index (κ3) is 3.14. The molecule has 1 saturated carbocycles. The van der Waals surface area contributed by atoms with Crippen molar-refractivity contribution < 1.29 is 0 Å². The average molecular weight is 429 g/mol. The molecule has 0 radical (unpaired) electrons. The normalized spacial score (nSPS) is 17.7. The summed E-state index contributed by atoms with van der Waals surface area (Å²) in [5.41, 5.74) is 3.12. The molecule has 0 saturated heterocycles. The smallest absolute Gasteiger partial charge is 0.0758 e. The lowest BCUT2D eigenvalue weighted by atomic mass is 9.84. The predicted octanol–water partition coefficient (Wildman–Crippen LogP) is 6.05. The van der Waals surface area contributed by atoms with Crippen LogP contribution < -0.4 is 5.32 Å². The Morgan fingerprint density at radius 3 is 2.48 bits per heavy atom. The van der Waals surface area contributed by atoms with Crippen LogP contribution >= 0.6 is 43.2 Å². The monoisotopic (exact) mass is 427 g/mol. The lowest BCUT2D eigenvalue weighted by Crippen LogP contribution is -2.32. The molecule has 1 aliphatic carbocycles. The standard InChI is InChI=1S/C17H19Br2NS/c1-2-10-20-15(13-11-14(18)21-16(13)19)17(8-9-17)12-6-4-3-5-7-12/h3-7,11,15,20H,2,8-10H2,1H3. The molecule has 3 rings (SSSR count). The average Bonchev–Trinajstić information content (AvgIpc) is 3.22. The molecule has 21 heavy (non-hydrogen) atoms. The van der Waals surface area contributed by atoms with Gasteiger partial charge in [0.05, 0.1) is 7.57 Å². The molecule has 1 aromatic heterocycles. The molecule has 1 fully saturated rings. The molecule has 112 valence electrons. The van der Waals surface area contributed by atoms with E-state index in [0.717, 1.165) is 13.0 Å². The van der Waals surface area contributed by atoms with Crippen molar-refractivity contribution in [1.29, 1.82) is 0 Å². The van der Waals surface area contributed by atoms with Crippen LogP contribution in [0.25, 0.3) is 0 Å². The van der Waals surface area contributed by atoms with E-state index in [1.54, 1.807) is 11.3 Å². The first-order valence-electron chi connectivity index (χ1n) is 7.41. The highest BCUT2D eigenvalue weighted by Gasteiger charge is 2.51. The van der Waals surface area contributed by atoms with Gasteiger partial charge in [0.2, 0.25) is 0 Å². The molecule has 0 aliphatic heterocycles. The molecule has 1 N–H and O–H groups in total. The van der Waals surface area contributed by atoms with Crippen molar-refractivity contribution in [3.63, 3.8) is 0 Å².